The van der Waals surface area contributed by atoms with Crippen molar-refractivity contribution < 1.29 is 156 Å². The highest BCUT2D eigenvalue weighted by Crippen LogP contribution is 2.18. The van der Waals surface area contributed by atoms with Gasteiger partial charge in [-0.15, -0.1) is 80.9 Å². The van der Waals surface area contributed by atoms with Crippen LogP contribution in [0.2, 0.25) is 0 Å². The molecule has 67 heteroatoms. The molecule has 0 heterocycles. The van der Waals surface area contributed by atoms with Crippen LogP contribution in [0.15, 0.2) is 48.5 Å². The summed E-state index contributed by atoms with van der Waals surface area (Å²) in [5.74, 6) is -3.58. The summed E-state index contributed by atoms with van der Waals surface area (Å²) in [6, 6.07) is 7.78. The van der Waals surface area contributed by atoms with Gasteiger partial charge < -0.3 is 146 Å². The number of esters is 3. The number of benzene rings is 2. The Hall–Kier alpha value is -11.9. The first-order chi connectivity index (χ1) is 66.7. The normalized spacial score (nSPS) is 11.8. The number of carboxylic acids is 2. The Morgan fingerprint density at radius 2 is 0.582 bits per heavy atom. The number of amides is 5. The van der Waals surface area contributed by atoms with Crippen molar-refractivity contribution in [2.24, 2.45) is 51.6 Å². The lowest BCUT2D eigenvalue weighted by molar-refractivity contribution is -0.758. The number of rotatable bonds is 73. The van der Waals surface area contributed by atoms with Crippen molar-refractivity contribution in [2.45, 2.75) is 190 Å². The molecule has 0 saturated heterocycles. The number of nitrogens with zero attached hydrogens (tertiary/aromatic N) is 8. The van der Waals surface area contributed by atoms with E-state index in [1.807, 2.05) is 12.1 Å². The maximum atomic E-state index is 11.9. The Kier molecular flexibility index (Phi) is 94.8. The molecule has 0 aliphatic rings. The number of carboxylic acid groups (broad SMARTS) is 2. The predicted octanol–water partition coefficient (Wildman–Crippen LogP) is -1.81. The van der Waals surface area contributed by atoms with Gasteiger partial charge in [0.05, 0.1) is 109 Å². The van der Waals surface area contributed by atoms with Gasteiger partial charge in [0, 0.05) is 67.9 Å². The average molecular weight is 2130 g/mol. The SMILES string of the molecule is NC(CC(=O)O)C(=O)NCCCCCCO[N+](=O)[O-].NC(CC(=O)O)C(=O)NCCCCO[N+](=O)[O-].NC(CS)C(=O)NCCCCCCO[N+](=O)[O-].NC(CS)C(=O)NCCCCO[N+](=O)[O-].NC(CS)C(=O)NCCOCCO[N+](=O)[O-].NC(CS)C(=O)OCCCO[N+](=O)[O-].NC(CS)C(=O)Oc1cccc(CCCO[N+](=O)[O-])c1.NCCCCC(N)C(=O)Oc1cccc(CCCO[N+](=O)[O-])c1. The van der Waals surface area contributed by atoms with Crippen LogP contribution in [0.1, 0.15) is 140 Å². The molecule has 8 atom stereocenters. The summed E-state index contributed by atoms with van der Waals surface area (Å²) >= 11 is 19.4. The number of aliphatic carboxylic acids is 2. The molecule has 0 radical (unpaired) electrons. The number of nitrogens with two attached hydrogens (primary N) is 9. The summed E-state index contributed by atoms with van der Waals surface area (Å²) in [4.78, 5) is 222. The van der Waals surface area contributed by atoms with Crippen molar-refractivity contribution in [3.8, 4) is 11.5 Å². The van der Waals surface area contributed by atoms with Crippen molar-refractivity contribution in [2.75, 3.05) is 141 Å². The average Bonchev–Trinajstić information content (AvgIpc) is 0.890. The number of nitrogens with one attached hydrogen (secondary N) is 5. The van der Waals surface area contributed by atoms with E-state index < -0.39 is 144 Å². The van der Waals surface area contributed by atoms with Gasteiger partial charge in [0.25, 0.3) is 40.7 Å². The van der Waals surface area contributed by atoms with E-state index in [4.69, 9.17) is 76.0 Å². The number of aryl methyl sites for hydroxylation is 2. The number of carbonyl (C=O) groups is 10. The number of carbonyl (C=O) groups excluding carboxylic acids is 8. The highest BCUT2D eigenvalue weighted by Gasteiger charge is 2.21. The highest BCUT2D eigenvalue weighted by molar-refractivity contribution is 7.81. The Balaban J connectivity index is -0.000000371. The van der Waals surface area contributed by atoms with E-state index in [1.54, 1.807) is 36.4 Å². The smallest absolute Gasteiger partial charge is 0.329 e. The molecule has 62 nitrogen and oxygen atoms in total. The minimum atomic E-state index is -1.15. The molecule has 0 aliphatic heterocycles. The minimum Gasteiger partial charge on any atom is -0.481 e. The van der Waals surface area contributed by atoms with Gasteiger partial charge in [-0.05, 0) is 132 Å². The van der Waals surface area contributed by atoms with Gasteiger partial charge in [-0.1, -0.05) is 56.4 Å². The number of thiol groups is 5. The van der Waals surface area contributed by atoms with Gasteiger partial charge in [0.2, 0.25) is 29.5 Å². The van der Waals surface area contributed by atoms with Crippen LogP contribution in [0.25, 0.3) is 0 Å². The van der Waals surface area contributed by atoms with Gasteiger partial charge in [-0.25, -0.2) is 9.59 Å². The molecule has 0 aliphatic carbocycles. The van der Waals surface area contributed by atoms with Gasteiger partial charge in [0.1, 0.15) is 36.2 Å². The molecule has 0 fully saturated rings. The van der Waals surface area contributed by atoms with Crippen LogP contribution in [-0.2, 0) is 109 Å². The summed E-state index contributed by atoms with van der Waals surface area (Å²) in [5, 5.41) is 101. The van der Waals surface area contributed by atoms with Gasteiger partial charge >= 0.3 is 29.8 Å². The lowest BCUT2D eigenvalue weighted by Gasteiger charge is -2.11. The van der Waals surface area contributed by atoms with Crippen LogP contribution in [0, 0.1) is 80.9 Å². The van der Waals surface area contributed by atoms with E-state index in [-0.39, 0.29) is 126 Å². The van der Waals surface area contributed by atoms with E-state index in [0.29, 0.717) is 127 Å². The molecule has 2 rings (SSSR count). The lowest BCUT2D eigenvalue weighted by Crippen LogP contribution is -2.43. The summed E-state index contributed by atoms with van der Waals surface area (Å²) in [5.41, 5.74) is 50.6. The maximum Gasteiger partial charge on any atom is 0.329 e. The van der Waals surface area contributed by atoms with Crippen molar-refractivity contribution in [1.29, 1.82) is 0 Å². The minimum absolute atomic E-state index is 0.0293. The molecular weight excluding hydrogens is 2000 g/mol. The lowest BCUT2D eigenvalue weighted by atomic mass is 10.1. The Morgan fingerprint density at radius 1 is 0.305 bits per heavy atom. The third-order valence-electron chi connectivity index (χ3n) is 16.1. The van der Waals surface area contributed by atoms with E-state index in [0.717, 1.165) is 56.1 Å². The topological polar surface area (TPSA) is 961 Å². The second-order valence-corrected chi connectivity index (χ2v) is 29.7. The Labute approximate surface area is 835 Å². The van der Waals surface area contributed by atoms with Gasteiger partial charge in [0.15, 0.2) is 0 Å². The molecule has 810 valence electrons. The van der Waals surface area contributed by atoms with E-state index in [2.05, 4.69) is 133 Å². The third kappa shape index (κ3) is 99.5. The Bertz CT molecular complexity index is 3850. The van der Waals surface area contributed by atoms with E-state index in [1.165, 1.54) is 0 Å². The zero-order valence-corrected chi connectivity index (χ0v) is 81.7. The zero-order valence-electron chi connectivity index (χ0n) is 77.3. The predicted molar refractivity (Wildman–Crippen MR) is 512 cm³/mol. The number of hydrogen-bond donors (Lipinski definition) is 21. The van der Waals surface area contributed by atoms with Crippen molar-refractivity contribution >= 4 is 123 Å². The van der Waals surface area contributed by atoms with Crippen LogP contribution in [-0.4, -0.2) is 299 Å². The molecule has 0 spiro atoms. The number of ether oxygens (including phenoxy) is 4. The third-order valence-corrected chi connectivity index (χ3v) is 18.1. The second kappa shape index (κ2) is 95.6. The first kappa shape index (κ1) is 140. The number of hydrogen-bond acceptors (Lipinski definition) is 52. The zero-order chi connectivity index (χ0) is 108. The van der Waals surface area contributed by atoms with Gasteiger partial charge in [-0.3, -0.25) is 38.4 Å². The molecule has 5 amide bonds. The highest BCUT2D eigenvalue weighted by atomic mass is 32.1. The van der Waals surface area contributed by atoms with Crippen LogP contribution >= 0.6 is 63.1 Å². The first-order valence-electron chi connectivity index (χ1n) is 42.9. The largest absolute Gasteiger partial charge is 0.481 e. The van der Waals surface area contributed by atoms with Crippen LogP contribution in [0.3, 0.4) is 0 Å². The van der Waals surface area contributed by atoms with Crippen LogP contribution in [0.5, 0.6) is 11.5 Å². The van der Waals surface area contributed by atoms with E-state index in [9.17, 15) is 129 Å². The molecule has 8 unspecified atom stereocenters. The standard InChI is InChI=1S/C15H23N3O5.C12H16N2O5S.C10H19N3O6.C9H19N3O4S.C8H15N3O6.C7H15N3O5S.C7H15N3O4S.C6H12N2O5S/c16-9-2-1-8-14(17)15(19)23-13-7-3-5-12(11-13)6-4-10-22-18(20)21;13-11(8-20)12(15)19-10-5-1-3-9(7-10)4-2-6-18-14(16)17;11-8(7-9(14)15)10(16)12-5-3-1-2-4-6-19-13(17)18;10-8(7-17)9(13)11-5-3-1-2-4-6-16-12(14)15;9-6(5-7(12)13)8(14)10-3-1-2-4-17-11(15)16;8-6(5-16)7(11)9-1-2-14-3-4-15-10(12)13;8-6(5-15)7(11)9-3-1-2-4-14-10(12)13;7-5(4-14)6(9)12-2-1-3-13-8(10)11/h3,5,7,11,14H,1-2,4,6,8-10,16-17H2;1,3,5,7,11,20H,2,4,6,8,13H2;8H,1-7,11H2,(H,12,16)(H,14,15);8,17H,1-7,10H2,(H,11,13);6H,1-5,9H2,(H,10,14)(H,12,13);6,16H,1-5,8H2,(H,9,11);6,15H,1-5,8H2,(H,9,11);5,14H,1-4,7H2. The van der Waals surface area contributed by atoms with Gasteiger partial charge in [-0.2, -0.15) is 63.1 Å². The molecule has 25 N–H and O–H groups in total. The first-order valence-corrected chi connectivity index (χ1v) is 46.0. The van der Waals surface area contributed by atoms with Crippen molar-refractivity contribution in [1.82, 2.24) is 26.6 Å². The fourth-order valence-electron chi connectivity index (χ4n) is 9.00. The maximum absolute atomic E-state index is 11.9. The molecule has 0 bridgehead atoms. The van der Waals surface area contributed by atoms with Crippen molar-refractivity contribution in [3.05, 3.63) is 141 Å². The summed E-state index contributed by atoms with van der Waals surface area (Å²) in [7, 11) is 0. The summed E-state index contributed by atoms with van der Waals surface area (Å²) in [6.45, 7) is 2.96. The number of unbranched alkanes of at least 4 members (excludes halogenated alkanes) is 9. The monoisotopic (exact) mass is 2130 g/mol. The fraction of sp³-hybridized carbons (Fsp3) is 0.703. The molecular formula is C74H134N22O40S5. The van der Waals surface area contributed by atoms with Crippen LogP contribution in [0.4, 0.5) is 0 Å². The second-order valence-electron chi connectivity index (χ2n) is 27.9. The molecule has 2 aromatic rings. The van der Waals surface area contributed by atoms with Crippen LogP contribution < -0.4 is 87.7 Å². The fourth-order valence-corrected chi connectivity index (χ4v) is 9.80. The quantitative estimate of drug-likeness (QED) is 0.00867. The molecule has 0 saturated carbocycles. The van der Waals surface area contributed by atoms with E-state index >= 15 is 0 Å². The summed E-state index contributed by atoms with van der Waals surface area (Å²) < 4.78 is 20.0. The molecule has 2 aromatic carbocycles. The Morgan fingerprint density at radius 3 is 0.901 bits per heavy atom. The molecule has 0 aromatic heterocycles. The molecule has 141 heavy (non-hydrogen) atoms. The summed E-state index contributed by atoms with van der Waals surface area (Å²) in [6.07, 6.45) is 11.7. The van der Waals surface area contributed by atoms with Crippen molar-refractivity contribution in [3.63, 3.8) is 0 Å².